The minimum atomic E-state index is -1.19. The first-order valence-corrected chi connectivity index (χ1v) is 13.0. The number of carbonyl (C=O) groups is 3. The molecule has 6 atom stereocenters. The molecule has 8 heteroatoms. The van der Waals surface area contributed by atoms with Crippen LogP contribution in [-0.2, 0) is 23.9 Å². The fourth-order valence-corrected chi connectivity index (χ4v) is 6.70. The van der Waals surface area contributed by atoms with E-state index in [1.807, 2.05) is 39.0 Å². The van der Waals surface area contributed by atoms with Crippen LogP contribution in [0, 0.1) is 25.7 Å². The summed E-state index contributed by atoms with van der Waals surface area (Å²) in [7, 11) is 0. The molecular formula is C29H38N2O6. The van der Waals surface area contributed by atoms with Gasteiger partial charge in [-0.25, -0.2) is 0 Å². The number of hydrogen-bond acceptors (Lipinski definition) is 6. The Morgan fingerprint density at radius 1 is 1.27 bits per heavy atom. The first-order chi connectivity index (χ1) is 17.6. The Hall–Kier alpha value is -2.97. The SMILES string of the molecule is C=CCCOC(=O)[C@@H]1[C@H]2C(=O)N([C@H](C)CO)C(C(=O)N(CC=C)c3c(C)cccc3C)C23CC[C@@]1(C)O3. The highest BCUT2D eigenvalue weighted by molar-refractivity contribution is 6.05. The second-order valence-electron chi connectivity index (χ2n) is 10.7. The molecule has 3 heterocycles. The van der Waals surface area contributed by atoms with E-state index in [0.717, 1.165) is 16.8 Å². The van der Waals surface area contributed by atoms with Gasteiger partial charge in [0.15, 0.2) is 0 Å². The van der Waals surface area contributed by atoms with E-state index in [2.05, 4.69) is 13.2 Å². The molecule has 2 unspecified atom stereocenters. The average molecular weight is 511 g/mol. The Morgan fingerprint density at radius 2 is 1.95 bits per heavy atom. The molecule has 0 saturated carbocycles. The number of esters is 1. The lowest BCUT2D eigenvalue weighted by Crippen LogP contribution is -2.58. The predicted octanol–water partition coefficient (Wildman–Crippen LogP) is 3.09. The highest BCUT2D eigenvalue weighted by Gasteiger charge is 2.79. The third-order valence-electron chi connectivity index (χ3n) is 8.29. The fourth-order valence-electron chi connectivity index (χ4n) is 6.70. The number of ether oxygens (including phenoxy) is 2. The van der Waals surface area contributed by atoms with Gasteiger partial charge in [0.2, 0.25) is 5.91 Å². The van der Waals surface area contributed by atoms with Crippen molar-refractivity contribution in [3.8, 4) is 0 Å². The number of carbonyl (C=O) groups excluding carboxylic acids is 3. The van der Waals surface area contributed by atoms with Gasteiger partial charge in [0.1, 0.15) is 17.6 Å². The van der Waals surface area contributed by atoms with E-state index < -0.39 is 41.1 Å². The lowest BCUT2D eigenvalue weighted by atomic mass is 9.66. The van der Waals surface area contributed by atoms with Crippen LogP contribution in [0.3, 0.4) is 0 Å². The van der Waals surface area contributed by atoms with E-state index in [1.54, 1.807) is 24.0 Å². The maximum atomic E-state index is 14.5. The minimum Gasteiger partial charge on any atom is -0.465 e. The number of fused-ring (bicyclic) bond motifs is 1. The number of aryl methyl sites for hydroxylation is 2. The summed E-state index contributed by atoms with van der Waals surface area (Å²) in [6, 6.07) is 4.17. The zero-order valence-corrected chi connectivity index (χ0v) is 22.2. The van der Waals surface area contributed by atoms with Crippen molar-refractivity contribution in [1.29, 1.82) is 0 Å². The molecule has 1 N–H and O–H groups in total. The van der Waals surface area contributed by atoms with Crippen LogP contribution in [0.2, 0.25) is 0 Å². The number of aliphatic hydroxyl groups is 1. The topological polar surface area (TPSA) is 96.4 Å². The summed E-state index contributed by atoms with van der Waals surface area (Å²) in [5.74, 6) is -2.86. The molecule has 8 nitrogen and oxygen atoms in total. The molecule has 1 aromatic rings. The van der Waals surface area contributed by atoms with Crippen LogP contribution >= 0.6 is 0 Å². The number of anilines is 1. The van der Waals surface area contributed by atoms with Crippen molar-refractivity contribution < 1.29 is 29.0 Å². The van der Waals surface area contributed by atoms with Crippen molar-refractivity contribution in [2.45, 2.75) is 70.2 Å². The second kappa shape index (κ2) is 10.1. The first-order valence-electron chi connectivity index (χ1n) is 13.0. The minimum absolute atomic E-state index is 0.168. The largest absolute Gasteiger partial charge is 0.465 e. The van der Waals surface area contributed by atoms with Gasteiger partial charge in [0, 0.05) is 12.2 Å². The molecule has 37 heavy (non-hydrogen) atoms. The number of aliphatic hydroxyl groups excluding tert-OH is 1. The van der Waals surface area contributed by atoms with E-state index in [-0.39, 0.29) is 31.6 Å². The van der Waals surface area contributed by atoms with Crippen molar-refractivity contribution in [1.82, 2.24) is 4.90 Å². The average Bonchev–Trinajstić information content (AvgIpc) is 3.43. The fraction of sp³-hybridized carbons (Fsp3) is 0.552. The third kappa shape index (κ3) is 4.10. The van der Waals surface area contributed by atoms with Gasteiger partial charge in [-0.1, -0.05) is 30.4 Å². The Bertz CT molecular complexity index is 1100. The number of likely N-dealkylation sites (tertiary alicyclic amines) is 1. The number of nitrogens with zero attached hydrogens (tertiary/aromatic N) is 2. The van der Waals surface area contributed by atoms with Gasteiger partial charge in [-0.15, -0.1) is 13.2 Å². The molecule has 2 bridgehead atoms. The van der Waals surface area contributed by atoms with E-state index in [9.17, 15) is 19.5 Å². The van der Waals surface area contributed by atoms with Crippen LogP contribution < -0.4 is 4.90 Å². The Kier molecular flexibility index (Phi) is 7.36. The molecule has 1 spiro atoms. The van der Waals surface area contributed by atoms with Crippen LogP contribution in [0.4, 0.5) is 5.69 Å². The maximum absolute atomic E-state index is 14.5. The van der Waals surface area contributed by atoms with E-state index in [4.69, 9.17) is 9.47 Å². The van der Waals surface area contributed by atoms with Gasteiger partial charge in [-0.05, 0) is 58.1 Å². The molecule has 0 radical (unpaired) electrons. The number of amides is 2. The standard InChI is InChI=1S/C29H38N2O6/c1-7-9-16-36-27(35)22-21-25(33)31(20(5)17-32)24(29(21)14-13-28(22,6)37-29)26(34)30(15-8-2)23-18(3)11-10-12-19(23)4/h7-8,10-12,20-22,24,32H,1-2,9,13-17H2,3-6H3/t20-,21+,22+,24?,28-,29?/m1/s1. The lowest BCUT2D eigenvalue weighted by Gasteiger charge is -2.39. The van der Waals surface area contributed by atoms with Crippen LogP contribution in [0.1, 0.15) is 44.2 Å². The molecule has 1 aromatic carbocycles. The molecular weight excluding hydrogens is 472 g/mol. The van der Waals surface area contributed by atoms with Gasteiger partial charge in [-0.2, -0.15) is 0 Å². The van der Waals surface area contributed by atoms with Crippen molar-refractivity contribution in [2.75, 3.05) is 24.7 Å². The first kappa shape index (κ1) is 27.1. The van der Waals surface area contributed by atoms with E-state index in [0.29, 0.717) is 19.3 Å². The quantitative estimate of drug-likeness (QED) is 0.295. The Morgan fingerprint density at radius 3 is 2.54 bits per heavy atom. The molecule has 3 aliphatic heterocycles. The van der Waals surface area contributed by atoms with Crippen molar-refractivity contribution in [3.63, 3.8) is 0 Å². The summed E-state index contributed by atoms with van der Waals surface area (Å²) in [4.78, 5) is 45.0. The monoisotopic (exact) mass is 510 g/mol. The summed E-state index contributed by atoms with van der Waals surface area (Å²) in [5.41, 5.74) is 0.492. The molecule has 3 saturated heterocycles. The lowest BCUT2D eigenvalue weighted by molar-refractivity contribution is -0.160. The van der Waals surface area contributed by atoms with Crippen molar-refractivity contribution in [2.24, 2.45) is 11.8 Å². The molecule has 2 amide bonds. The number of hydrogen-bond donors (Lipinski definition) is 1. The molecule has 4 rings (SSSR count). The molecule has 0 aromatic heterocycles. The summed E-state index contributed by atoms with van der Waals surface area (Å²) >= 11 is 0. The van der Waals surface area contributed by atoms with Gasteiger partial charge in [-0.3, -0.25) is 14.4 Å². The highest BCUT2D eigenvalue weighted by Crippen LogP contribution is 2.63. The molecule has 0 aliphatic carbocycles. The van der Waals surface area contributed by atoms with Gasteiger partial charge in [0.05, 0.1) is 30.8 Å². The summed E-state index contributed by atoms with van der Waals surface area (Å²) in [5, 5.41) is 10.1. The Labute approximate surface area is 218 Å². The summed E-state index contributed by atoms with van der Waals surface area (Å²) in [6.45, 7) is 15.0. The van der Waals surface area contributed by atoms with Gasteiger partial charge >= 0.3 is 5.97 Å². The van der Waals surface area contributed by atoms with Crippen LogP contribution in [-0.4, -0.2) is 70.8 Å². The third-order valence-corrected chi connectivity index (χ3v) is 8.29. The van der Waals surface area contributed by atoms with Gasteiger partial charge in [0.25, 0.3) is 5.91 Å². The zero-order chi connectivity index (χ0) is 27.1. The number of benzene rings is 1. The zero-order valence-electron chi connectivity index (χ0n) is 22.2. The summed E-state index contributed by atoms with van der Waals surface area (Å²) in [6.07, 6.45) is 4.80. The smallest absolute Gasteiger partial charge is 0.312 e. The molecule has 3 aliphatic rings. The van der Waals surface area contributed by atoms with Crippen LogP contribution in [0.5, 0.6) is 0 Å². The highest BCUT2D eigenvalue weighted by atomic mass is 16.6. The van der Waals surface area contributed by atoms with Crippen molar-refractivity contribution >= 4 is 23.5 Å². The second-order valence-corrected chi connectivity index (χ2v) is 10.7. The Balaban J connectivity index is 1.81. The number of rotatable bonds is 10. The van der Waals surface area contributed by atoms with Gasteiger partial charge < -0.3 is 24.4 Å². The summed E-state index contributed by atoms with van der Waals surface area (Å²) < 4.78 is 12.1. The van der Waals surface area contributed by atoms with Crippen LogP contribution in [0.25, 0.3) is 0 Å². The van der Waals surface area contributed by atoms with Crippen LogP contribution in [0.15, 0.2) is 43.5 Å². The van der Waals surface area contributed by atoms with Crippen molar-refractivity contribution in [3.05, 3.63) is 54.6 Å². The maximum Gasteiger partial charge on any atom is 0.312 e. The van der Waals surface area contributed by atoms with E-state index in [1.165, 1.54) is 4.90 Å². The predicted molar refractivity (Wildman–Crippen MR) is 140 cm³/mol. The molecule has 3 fully saturated rings. The number of para-hydroxylation sites is 1. The molecule has 200 valence electrons. The van der Waals surface area contributed by atoms with E-state index >= 15 is 0 Å². The normalized spacial score (nSPS) is 30.7.